The molecule has 9 heteroatoms. The van der Waals surface area contributed by atoms with Gasteiger partial charge in [0, 0.05) is 38.3 Å². The van der Waals surface area contributed by atoms with Gasteiger partial charge in [-0.05, 0) is 47.5 Å². The number of ether oxygens (including phenoxy) is 1. The van der Waals surface area contributed by atoms with Crippen molar-refractivity contribution < 1.29 is 19.2 Å². The molecule has 0 saturated carbocycles. The first-order chi connectivity index (χ1) is 16.9. The van der Waals surface area contributed by atoms with E-state index in [9.17, 15) is 19.7 Å². The third kappa shape index (κ3) is 5.19. The lowest BCUT2D eigenvalue weighted by Gasteiger charge is -2.23. The van der Waals surface area contributed by atoms with Gasteiger partial charge < -0.3 is 9.64 Å². The lowest BCUT2D eigenvalue weighted by atomic mass is 9.98. The zero-order valence-corrected chi connectivity index (χ0v) is 19.3. The predicted octanol–water partition coefficient (Wildman–Crippen LogP) is 4.23. The van der Waals surface area contributed by atoms with Crippen LogP contribution in [0.4, 0.5) is 11.4 Å². The van der Waals surface area contributed by atoms with Crippen LogP contribution in [0.1, 0.15) is 33.9 Å². The van der Waals surface area contributed by atoms with Gasteiger partial charge in [0.1, 0.15) is 5.75 Å². The Kier molecular flexibility index (Phi) is 6.86. The summed E-state index contributed by atoms with van der Waals surface area (Å²) in [4.78, 5) is 37.0. The van der Waals surface area contributed by atoms with E-state index in [-0.39, 0.29) is 24.2 Å². The molecule has 1 aliphatic heterocycles. The Morgan fingerprint density at radius 1 is 1.11 bits per heavy atom. The zero-order chi connectivity index (χ0) is 24.9. The van der Waals surface area contributed by atoms with Crippen LogP contribution < -0.4 is 9.64 Å². The minimum Gasteiger partial charge on any atom is -0.483 e. The number of non-ortho nitro benzene ring substituents is 1. The Morgan fingerprint density at radius 2 is 1.80 bits per heavy atom. The van der Waals surface area contributed by atoms with E-state index in [1.165, 1.54) is 17.1 Å². The summed E-state index contributed by atoms with van der Waals surface area (Å²) in [6, 6.07) is 20.3. The van der Waals surface area contributed by atoms with Crippen LogP contribution in [0.3, 0.4) is 0 Å². The van der Waals surface area contributed by atoms with Gasteiger partial charge in [0.05, 0.1) is 22.2 Å². The lowest BCUT2D eigenvalue weighted by molar-refractivity contribution is -0.384. The summed E-state index contributed by atoms with van der Waals surface area (Å²) in [5, 5.41) is 17.0. The number of aldehydes is 1. The number of nitro groups is 1. The minimum absolute atomic E-state index is 0.0154. The number of carbonyl (C=O) groups is 2. The molecule has 0 saturated heterocycles. The molecular formula is C26H24N4O5. The third-order valence-corrected chi connectivity index (χ3v) is 5.77. The number of nitrogens with zero attached hydrogens (tertiary/aromatic N) is 4. The second-order valence-electron chi connectivity index (χ2n) is 8.24. The quantitative estimate of drug-likeness (QED) is 0.276. The van der Waals surface area contributed by atoms with Crippen molar-refractivity contribution in [3.8, 4) is 5.75 Å². The number of rotatable bonds is 8. The van der Waals surface area contributed by atoms with Crippen molar-refractivity contribution >= 4 is 29.3 Å². The summed E-state index contributed by atoms with van der Waals surface area (Å²) in [7, 11) is 3.90. The van der Waals surface area contributed by atoms with Gasteiger partial charge in [-0.1, -0.05) is 24.3 Å². The molecule has 3 aromatic rings. The summed E-state index contributed by atoms with van der Waals surface area (Å²) in [5.74, 6) is -0.0502. The van der Waals surface area contributed by atoms with E-state index >= 15 is 0 Å². The molecule has 0 aromatic heterocycles. The van der Waals surface area contributed by atoms with Gasteiger partial charge in [-0.15, -0.1) is 0 Å². The molecule has 9 nitrogen and oxygen atoms in total. The van der Waals surface area contributed by atoms with Crippen molar-refractivity contribution in [2.75, 3.05) is 25.6 Å². The van der Waals surface area contributed by atoms with Crippen molar-refractivity contribution in [1.82, 2.24) is 5.01 Å². The Hall–Kier alpha value is -4.53. The summed E-state index contributed by atoms with van der Waals surface area (Å²) in [6.07, 6.45) is 1.12. The van der Waals surface area contributed by atoms with Crippen LogP contribution in [-0.2, 0) is 4.79 Å². The van der Waals surface area contributed by atoms with Crippen molar-refractivity contribution in [2.45, 2.75) is 12.5 Å². The second kappa shape index (κ2) is 10.2. The number of hydrogen-bond acceptors (Lipinski definition) is 7. The van der Waals surface area contributed by atoms with Crippen LogP contribution in [-0.4, -0.2) is 48.5 Å². The molecule has 4 rings (SSSR count). The topological polar surface area (TPSA) is 105 Å². The molecule has 1 atom stereocenters. The normalized spacial score (nSPS) is 14.9. The number of hydrazone groups is 1. The first kappa shape index (κ1) is 23.6. The van der Waals surface area contributed by atoms with Gasteiger partial charge in [0.25, 0.3) is 11.6 Å². The SMILES string of the molecule is CN(C)c1ccc(C2CC(c3ccc([N+](=O)[O-])cc3)=NN2C(=O)COc2ccccc2C=O)cc1. The van der Waals surface area contributed by atoms with E-state index in [0.717, 1.165) is 11.3 Å². The highest BCUT2D eigenvalue weighted by molar-refractivity contribution is 6.03. The molecule has 1 unspecified atom stereocenters. The van der Waals surface area contributed by atoms with Gasteiger partial charge in [-0.2, -0.15) is 5.10 Å². The molecule has 3 aromatic carbocycles. The van der Waals surface area contributed by atoms with Crippen LogP contribution in [0.5, 0.6) is 5.75 Å². The van der Waals surface area contributed by atoms with Crippen LogP contribution in [0.25, 0.3) is 0 Å². The number of nitro benzene ring substituents is 1. The highest BCUT2D eigenvalue weighted by Crippen LogP contribution is 2.34. The summed E-state index contributed by atoms with van der Waals surface area (Å²) >= 11 is 0. The molecule has 0 radical (unpaired) electrons. The van der Waals surface area contributed by atoms with Gasteiger partial charge in [-0.3, -0.25) is 19.7 Å². The number of anilines is 1. The first-order valence-corrected chi connectivity index (χ1v) is 11.0. The van der Waals surface area contributed by atoms with Crippen molar-refractivity contribution in [3.05, 3.63) is 99.6 Å². The molecule has 1 amide bonds. The number of para-hydroxylation sites is 1. The smallest absolute Gasteiger partial charge is 0.281 e. The van der Waals surface area contributed by atoms with E-state index in [1.807, 2.05) is 43.3 Å². The molecule has 178 valence electrons. The van der Waals surface area contributed by atoms with Crippen LogP contribution in [0.15, 0.2) is 77.9 Å². The highest BCUT2D eigenvalue weighted by atomic mass is 16.6. The largest absolute Gasteiger partial charge is 0.483 e. The summed E-state index contributed by atoms with van der Waals surface area (Å²) in [5.41, 5.74) is 3.61. The molecule has 0 N–H and O–H groups in total. The second-order valence-corrected chi connectivity index (χ2v) is 8.24. The van der Waals surface area contributed by atoms with Gasteiger partial charge in [0.15, 0.2) is 12.9 Å². The van der Waals surface area contributed by atoms with E-state index in [4.69, 9.17) is 4.74 Å². The first-order valence-electron chi connectivity index (χ1n) is 11.0. The van der Waals surface area contributed by atoms with Crippen molar-refractivity contribution in [1.29, 1.82) is 0 Å². The number of benzene rings is 3. The summed E-state index contributed by atoms with van der Waals surface area (Å²) in [6.45, 7) is -0.297. The average Bonchev–Trinajstić information content (AvgIpc) is 3.33. The maximum Gasteiger partial charge on any atom is 0.281 e. The summed E-state index contributed by atoms with van der Waals surface area (Å²) < 4.78 is 5.65. The van der Waals surface area contributed by atoms with E-state index in [0.29, 0.717) is 35.3 Å². The third-order valence-electron chi connectivity index (χ3n) is 5.77. The molecule has 0 spiro atoms. The minimum atomic E-state index is -0.459. The van der Waals surface area contributed by atoms with Crippen LogP contribution >= 0.6 is 0 Å². The molecule has 0 bridgehead atoms. The number of carbonyl (C=O) groups excluding carboxylic acids is 2. The van der Waals surface area contributed by atoms with Crippen LogP contribution in [0.2, 0.25) is 0 Å². The fourth-order valence-electron chi connectivity index (χ4n) is 3.86. The Bertz CT molecular complexity index is 1270. The van der Waals surface area contributed by atoms with Gasteiger partial charge in [-0.25, -0.2) is 5.01 Å². The molecule has 1 heterocycles. The molecule has 0 fully saturated rings. The maximum atomic E-state index is 13.2. The average molecular weight is 473 g/mol. The van der Waals surface area contributed by atoms with Crippen LogP contribution in [0, 0.1) is 10.1 Å². The van der Waals surface area contributed by atoms with Crippen molar-refractivity contribution in [2.24, 2.45) is 5.10 Å². The maximum absolute atomic E-state index is 13.2. The Labute approximate surface area is 202 Å². The Morgan fingerprint density at radius 3 is 2.43 bits per heavy atom. The standard InChI is InChI=1S/C26H24N4O5/c1-28(2)21-11-9-19(10-12-21)24-15-23(18-7-13-22(14-8-18)30(33)34)27-29(24)26(32)17-35-25-6-4-3-5-20(25)16-31/h3-14,16,24H,15,17H2,1-2H3. The van der Waals surface area contributed by atoms with E-state index in [2.05, 4.69) is 5.10 Å². The van der Waals surface area contributed by atoms with E-state index in [1.54, 1.807) is 36.4 Å². The Balaban J connectivity index is 1.61. The molecule has 35 heavy (non-hydrogen) atoms. The fourth-order valence-corrected chi connectivity index (χ4v) is 3.86. The van der Waals surface area contributed by atoms with E-state index < -0.39 is 4.92 Å². The lowest BCUT2D eigenvalue weighted by Crippen LogP contribution is -2.31. The number of hydrogen-bond donors (Lipinski definition) is 0. The van der Waals surface area contributed by atoms with Crippen molar-refractivity contribution in [3.63, 3.8) is 0 Å². The fraction of sp³-hybridized carbons (Fsp3) is 0.192. The molecular weight excluding hydrogens is 448 g/mol. The molecule has 0 aliphatic carbocycles. The van der Waals surface area contributed by atoms with Gasteiger partial charge >= 0.3 is 0 Å². The molecule has 1 aliphatic rings. The highest BCUT2D eigenvalue weighted by Gasteiger charge is 2.33. The predicted molar refractivity (Wildman–Crippen MR) is 132 cm³/mol. The number of amides is 1. The van der Waals surface area contributed by atoms with Gasteiger partial charge in [0.2, 0.25) is 0 Å². The monoisotopic (exact) mass is 472 g/mol. The zero-order valence-electron chi connectivity index (χ0n) is 19.3.